The summed E-state index contributed by atoms with van der Waals surface area (Å²) >= 11 is 0. The monoisotopic (exact) mass is 319 g/mol. The summed E-state index contributed by atoms with van der Waals surface area (Å²) in [4.78, 5) is 12.0. The third-order valence-corrected chi connectivity index (χ3v) is 4.89. The molecule has 116 valence electrons. The van der Waals surface area contributed by atoms with Crippen molar-refractivity contribution in [2.75, 3.05) is 0 Å². The van der Waals surface area contributed by atoms with E-state index in [2.05, 4.69) is 5.32 Å². The third kappa shape index (κ3) is 4.77. The van der Waals surface area contributed by atoms with Gasteiger partial charge in [0, 0.05) is 23.1 Å². The Morgan fingerprint density at radius 3 is 2.50 bits per heavy atom. The quantitative estimate of drug-likeness (QED) is 0.890. The second-order valence-electron chi connectivity index (χ2n) is 5.00. The van der Waals surface area contributed by atoms with Gasteiger partial charge >= 0.3 is 0 Å². The number of rotatable bonds is 6. The maximum absolute atomic E-state index is 13.1. The summed E-state index contributed by atoms with van der Waals surface area (Å²) in [6, 6.07) is 15.5. The van der Waals surface area contributed by atoms with Gasteiger partial charge in [0.25, 0.3) is 0 Å². The zero-order chi connectivity index (χ0) is 15.9. The van der Waals surface area contributed by atoms with Gasteiger partial charge in [0.15, 0.2) is 0 Å². The summed E-state index contributed by atoms with van der Waals surface area (Å²) < 4.78 is 25.3. The molecule has 1 N–H and O–H groups in total. The minimum atomic E-state index is -1.39. The second kappa shape index (κ2) is 7.84. The van der Waals surface area contributed by atoms with Gasteiger partial charge in [-0.05, 0) is 30.2 Å². The molecule has 0 bridgehead atoms. The molecule has 0 spiro atoms. The minimum absolute atomic E-state index is 0.164. The highest BCUT2D eigenvalue weighted by atomic mass is 32.2. The number of carbonyl (C=O) groups is 1. The Balaban J connectivity index is 1.88. The van der Waals surface area contributed by atoms with Gasteiger partial charge in [-0.3, -0.25) is 9.00 Å². The van der Waals surface area contributed by atoms with Crippen molar-refractivity contribution in [1.82, 2.24) is 5.32 Å². The van der Waals surface area contributed by atoms with Crippen LogP contribution < -0.4 is 5.32 Å². The fourth-order valence-corrected chi connectivity index (χ4v) is 3.04. The van der Waals surface area contributed by atoms with E-state index in [9.17, 15) is 13.4 Å². The van der Waals surface area contributed by atoms with Crippen LogP contribution in [0.1, 0.15) is 18.1 Å². The smallest absolute Gasteiger partial charge is 0.235 e. The van der Waals surface area contributed by atoms with Gasteiger partial charge in [-0.2, -0.15) is 0 Å². The first kappa shape index (κ1) is 16.4. The van der Waals surface area contributed by atoms with E-state index < -0.39 is 16.0 Å². The maximum Gasteiger partial charge on any atom is 0.235 e. The lowest BCUT2D eigenvalue weighted by molar-refractivity contribution is -0.120. The van der Waals surface area contributed by atoms with E-state index in [0.29, 0.717) is 12.1 Å². The molecule has 1 amide bonds. The highest BCUT2D eigenvalue weighted by Crippen LogP contribution is 2.10. The second-order valence-corrected chi connectivity index (χ2v) is 6.76. The molecule has 0 saturated carbocycles. The Labute approximate surface area is 132 Å². The standard InChI is InChI=1S/C17H18FNO2S/c1-13(17(20)19-11-14-6-3-2-4-7-14)22(21)12-15-8-5-9-16(18)10-15/h2-10,13H,11-12H2,1H3,(H,19,20)/t13-,22+/m1/s1. The maximum atomic E-state index is 13.1. The van der Waals surface area contributed by atoms with Crippen molar-refractivity contribution in [3.05, 3.63) is 71.5 Å². The summed E-state index contributed by atoms with van der Waals surface area (Å²) in [6.45, 7) is 2.02. The summed E-state index contributed by atoms with van der Waals surface area (Å²) in [5, 5.41) is 2.12. The Hall–Kier alpha value is -2.01. The molecule has 0 aliphatic rings. The Morgan fingerprint density at radius 2 is 1.82 bits per heavy atom. The molecule has 2 aromatic rings. The van der Waals surface area contributed by atoms with Crippen LogP contribution in [0.3, 0.4) is 0 Å². The molecule has 2 rings (SSSR count). The molecule has 0 aliphatic heterocycles. The van der Waals surface area contributed by atoms with Crippen molar-refractivity contribution in [3.63, 3.8) is 0 Å². The van der Waals surface area contributed by atoms with Gasteiger partial charge in [0.1, 0.15) is 11.1 Å². The number of nitrogens with one attached hydrogen (secondary N) is 1. The molecule has 0 saturated heterocycles. The van der Waals surface area contributed by atoms with Crippen molar-refractivity contribution >= 4 is 16.7 Å². The molecule has 5 heteroatoms. The summed E-state index contributed by atoms with van der Waals surface area (Å²) in [6.07, 6.45) is 0. The number of amides is 1. The predicted molar refractivity (Wildman–Crippen MR) is 86.0 cm³/mol. The lowest BCUT2D eigenvalue weighted by Gasteiger charge is -2.12. The van der Waals surface area contributed by atoms with Crippen LogP contribution in [0.2, 0.25) is 0 Å². The van der Waals surface area contributed by atoms with E-state index in [1.54, 1.807) is 19.1 Å². The highest BCUT2D eigenvalue weighted by molar-refractivity contribution is 7.85. The van der Waals surface area contributed by atoms with Crippen molar-refractivity contribution in [2.24, 2.45) is 0 Å². The van der Waals surface area contributed by atoms with Crippen LogP contribution in [0.5, 0.6) is 0 Å². The van der Waals surface area contributed by atoms with E-state index in [0.717, 1.165) is 5.56 Å². The Kier molecular flexibility index (Phi) is 5.83. The minimum Gasteiger partial charge on any atom is -0.351 e. The molecule has 0 aliphatic carbocycles. The number of hydrogen-bond acceptors (Lipinski definition) is 2. The van der Waals surface area contributed by atoms with Crippen molar-refractivity contribution in [1.29, 1.82) is 0 Å². The Morgan fingerprint density at radius 1 is 1.14 bits per heavy atom. The molecule has 2 aromatic carbocycles. The molecule has 0 aromatic heterocycles. The van der Waals surface area contributed by atoms with Gasteiger partial charge in [-0.25, -0.2) is 4.39 Å². The molecular formula is C17H18FNO2S. The fraction of sp³-hybridized carbons (Fsp3) is 0.235. The van der Waals surface area contributed by atoms with Crippen LogP contribution in [0.4, 0.5) is 4.39 Å². The summed E-state index contributed by atoms with van der Waals surface area (Å²) in [5.74, 6) is -0.466. The summed E-state index contributed by atoms with van der Waals surface area (Å²) in [7, 11) is -1.39. The number of hydrogen-bond donors (Lipinski definition) is 1. The average Bonchev–Trinajstić information content (AvgIpc) is 2.53. The summed E-state index contributed by atoms with van der Waals surface area (Å²) in [5.41, 5.74) is 1.61. The van der Waals surface area contributed by atoms with Gasteiger partial charge in [-0.1, -0.05) is 42.5 Å². The van der Waals surface area contributed by atoms with Gasteiger partial charge in [-0.15, -0.1) is 0 Å². The lowest BCUT2D eigenvalue weighted by Crippen LogP contribution is -2.35. The molecule has 0 fully saturated rings. The first-order chi connectivity index (χ1) is 10.6. The fourth-order valence-electron chi connectivity index (χ4n) is 1.96. The zero-order valence-corrected chi connectivity index (χ0v) is 13.1. The van der Waals surface area contributed by atoms with Crippen molar-refractivity contribution in [3.8, 4) is 0 Å². The van der Waals surface area contributed by atoms with E-state index in [1.807, 2.05) is 30.3 Å². The van der Waals surface area contributed by atoms with Crippen LogP contribution in [0.15, 0.2) is 54.6 Å². The number of halogens is 1. The third-order valence-electron chi connectivity index (χ3n) is 3.27. The Bertz CT molecular complexity index is 661. The van der Waals surface area contributed by atoms with E-state index >= 15 is 0 Å². The van der Waals surface area contributed by atoms with Crippen LogP contribution in [-0.2, 0) is 27.9 Å². The van der Waals surface area contributed by atoms with Crippen LogP contribution in [0, 0.1) is 5.82 Å². The SMILES string of the molecule is C[C@H](C(=O)NCc1ccccc1)[S@@](=O)Cc1cccc(F)c1. The lowest BCUT2D eigenvalue weighted by atomic mass is 10.2. The van der Waals surface area contributed by atoms with Crippen LogP contribution in [0.25, 0.3) is 0 Å². The van der Waals surface area contributed by atoms with Crippen LogP contribution >= 0.6 is 0 Å². The average molecular weight is 319 g/mol. The van der Waals surface area contributed by atoms with Crippen molar-refractivity contribution < 1.29 is 13.4 Å². The van der Waals surface area contributed by atoms with Gasteiger partial charge in [0.2, 0.25) is 5.91 Å². The highest BCUT2D eigenvalue weighted by Gasteiger charge is 2.20. The number of benzene rings is 2. The zero-order valence-electron chi connectivity index (χ0n) is 12.3. The van der Waals surface area contributed by atoms with E-state index in [-0.39, 0.29) is 17.5 Å². The van der Waals surface area contributed by atoms with Crippen LogP contribution in [-0.4, -0.2) is 15.4 Å². The van der Waals surface area contributed by atoms with E-state index in [1.165, 1.54) is 12.1 Å². The molecule has 0 heterocycles. The van der Waals surface area contributed by atoms with E-state index in [4.69, 9.17) is 0 Å². The van der Waals surface area contributed by atoms with Gasteiger partial charge in [0.05, 0.1) is 0 Å². The molecule has 22 heavy (non-hydrogen) atoms. The number of carbonyl (C=O) groups excluding carboxylic acids is 1. The normalized spacial score (nSPS) is 13.4. The molecular weight excluding hydrogens is 301 g/mol. The topological polar surface area (TPSA) is 46.2 Å². The molecule has 3 nitrogen and oxygen atoms in total. The first-order valence-electron chi connectivity index (χ1n) is 6.99. The largest absolute Gasteiger partial charge is 0.351 e. The van der Waals surface area contributed by atoms with Gasteiger partial charge < -0.3 is 5.32 Å². The molecule has 0 radical (unpaired) electrons. The molecule has 0 unspecified atom stereocenters. The first-order valence-corrected chi connectivity index (χ1v) is 8.37. The molecule has 2 atom stereocenters. The predicted octanol–water partition coefficient (Wildman–Crippen LogP) is 2.78. The van der Waals surface area contributed by atoms with Crippen molar-refractivity contribution in [2.45, 2.75) is 24.5 Å².